The van der Waals surface area contributed by atoms with Crippen molar-refractivity contribution in [1.29, 1.82) is 0 Å². The molecule has 55 heavy (non-hydrogen) atoms. The molecule has 5 heterocycles. The van der Waals surface area contributed by atoms with Crippen LogP contribution in [0.4, 0.5) is 11.6 Å². The van der Waals surface area contributed by atoms with Crippen LogP contribution in [0.15, 0.2) is 91.6 Å². The van der Waals surface area contributed by atoms with E-state index < -0.39 is 29.7 Å². The predicted molar refractivity (Wildman–Crippen MR) is 201 cm³/mol. The second-order valence-electron chi connectivity index (χ2n) is 15.1. The van der Waals surface area contributed by atoms with Crippen molar-refractivity contribution >= 4 is 35.3 Å². The Labute approximate surface area is 317 Å². The van der Waals surface area contributed by atoms with Crippen LogP contribution in [0.1, 0.15) is 69.1 Å². The van der Waals surface area contributed by atoms with E-state index in [0.29, 0.717) is 17.7 Å². The van der Waals surface area contributed by atoms with Gasteiger partial charge >= 0.3 is 0 Å². The molecule has 13 nitrogen and oxygen atoms in total. The lowest BCUT2D eigenvalue weighted by Gasteiger charge is -2.54. The van der Waals surface area contributed by atoms with Gasteiger partial charge in [-0.15, -0.1) is 6.58 Å². The molecule has 5 aliphatic rings. The molecule has 4 fully saturated rings. The zero-order chi connectivity index (χ0) is 37.7. The second kappa shape index (κ2) is 14.0. The smallest absolute Gasteiger partial charge is 0.262 e. The highest BCUT2D eigenvalue weighted by Crippen LogP contribution is 2.39. The van der Waals surface area contributed by atoms with Crippen LogP contribution in [-0.2, 0) is 20.9 Å². The molecule has 1 aromatic heterocycles. The van der Waals surface area contributed by atoms with Gasteiger partial charge in [-0.2, -0.15) is 0 Å². The van der Waals surface area contributed by atoms with Gasteiger partial charge in [-0.05, 0) is 66.1 Å². The van der Waals surface area contributed by atoms with Crippen LogP contribution in [0.3, 0.4) is 0 Å². The Hall–Kier alpha value is -6.08. The average molecular weight is 741 g/mol. The minimum absolute atomic E-state index is 0.00343. The summed E-state index contributed by atoms with van der Waals surface area (Å²) in [5.41, 5.74) is 4.55. The fraction of sp³-hybridized carbons (Fsp3) is 0.333. The molecule has 2 atom stereocenters. The molecule has 0 unspecified atom stereocenters. The fourth-order valence-corrected chi connectivity index (χ4v) is 8.01. The topological polar surface area (TPSA) is 152 Å². The molecule has 1 spiro atoms. The van der Waals surface area contributed by atoms with Crippen LogP contribution in [0.5, 0.6) is 11.5 Å². The van der Waals surface area contributed by atoms with Gasteiger partial charge in [-0.3, -0.25) is 29.4 Å². The lowest BCUT2D eigenvalue weighted by Crippen LogP contribution is -2.66. The number of hydrogen-bond acceptors (Lipinski definition) is 11. The summed E-state index contributed by atoms with van der Waals surface area (Å²) in [6.07, 6.45) is 5.49. The Balaban J connectivity index is 0.747. The summed E-state index contributed by atoms with van der Waals surface area (Å²) < 4.78 is 17.7. The number of carbonyl (C=O) groups excluding carboxylic acids is 4. The number of rotatable bonds is 12. The Morgan fingerprint density at radius 2 is 1.64 bits per heavy atom. The van der Waals surface area contributed by atoms with Crippen LogP contribution < -0.4 is 25.0 Å². The van der Waals surface area contributed by atoms with E-state index in [-0.39, 0.29) is 42.0 Å². The van der Waals surface area contributed by atoms with Crippen molar-refractivity contribution in [1.82, 2.24) is 20.2 Å². The van der Waals surface area contributed by atoms with Gasteiger partial charge in [0.2, 0.25) is 17.8 Å². The van der Waals surface area contributed by atoms with Crippen LogP contribution >= 0.6 is 0 Å². The number of amides is 4. The SMILES string of the molecule is C=C[C@H](c1ccc(OCc2ccnc(N3CC4(COC4)C3)n2)cc1)c1ccc(OC2CC(Nc3ccc4c(c3)C(=O)N([C@@H]3CCC(=O)NC3=O)C4=O)C2)cc1. The molecule has 1 saturated carbocycles. The first-order valence-corrected chi connectivity index (χ1v) is 18.6. The monoisotopic (exact) mass is 740 g/mol. The van der Waals surface area contributed by atoms with E-state index in [1.807, 2.05) is 36.4 Å². The molecule has 4 aliphatic heterocycles. The van der Waals surface area contributed by atoms with E-state index in [2.05, 4.69) is 51.4 Å². The summed E-state index contributed by atoms with van der Waals surface area (Å²) in [4.78, 5) is 62.4. The second-order valence-corrected chi connectivity index (χ2v) is 15.1. The molecule has 0 radical (unpaired) electrons. The number of aromatic nitrogens is 2. The third-order valence-electron chi connectivity index (χ3n) is 11.2. The number of allylic oxidation sites excluding steroid dienone is 1. The van der Waals surface area contributed by atoms with E-state index in [1.165, 1.54) is 0 Å². The van der Waals surface area contributed by atoms with Gasteiger partial charge in [0.1, 0.15) is 30.3 Å². The molecule has 2 N–H and O–H groups in total. The van der Waals surface area contributed by atoms with Gasteiger partial charge < -0.3 is 24.4 Å². The number of nitrogens with one attached hydrogen (secondary N) is 2. The maximum Gasteiger partial charge on any atom is 0.262 e. The molecule has 13 heteroatoms. The molecule has 3 saturated heterocycles. The summed E-state index contributed by atoms with van der Waals surface area (Å²) in [6.45, 7) is 7.97. The number of benzene rings is 3. The lowest BCUT2D eigenvalue weighted by molar-refractivity contribution is -0.136. The fourth-order valence-electron chi connectivity index (χ4n) is 8.01. The van der Waals surface area contributed by atoms with Crippen molar-refractivity contribution in [3.63, 3.8) is 0 Å². The molecule has 0 bridgehead atoms. The standard InChI is InChI=1S/C42H40N6O7/c1-2-33(25-3-8-30(9-4-25)54-20-28-15-16-43-41(45-28)47-21-42(22-47)23-53-24-42)26-5-10-31(11-6-26)55-32-17-29(18-32)44-27-7-12-34-35(19-27)40(52)48(39(34)51)36-13-14-37(49)46-38(36)50/h2-12,15-16,19,29,32-33,36,44H,1,13-14,17-18,20-24H2,(H,46,49,50)/t29?,32?,33-,36-/m1/s1. The number of anilines is 2. The van der Waals surface area contributed by atoms with Crippen LogP contribution in [0.25, 0.3) is 0 Å². The lowest BCUT2D eigenvalue weighted by atomic mass is 9.78. The summed E-state index contributed by atoms with van der Waals surface area (Å²) in [5.74, 6) is 0.212. The maximum atomic E-state index is 13.2. The number of fused-ring (bicyclic) bond motifs is 1. The highest BCUT2D eigenvalue weighted by molar-refractivity contribution is 6.23. The largest absolute Gasteiger partial charge is 0.490 e. The number of piperidine rings is 1. The van der Waals surface area contributed by atoms with Gasteiger partial charge in [-0.25, -0.2) is 9.97 Å². The minimum Gasteiger partial charge on any atom is -0.490 e. The van der Waals surface area contributed by atoms with Crippen LogP contribution in [0, 0.1) is 5.41 Å². The Bertz CT molecular complexity index is 2170. The van der Waals surface area contributed by atoms with E-state index in [4.69, 9.17) is 19.2 Å². The Morgan fingerprint density at radius 3 is 2.31 bits per heavy atom. The van der Waals surface area contributed by atoms with Crippen molar-refractivity contribution < 1.29 is 33.4 Å². The minimum atomic E-state index is -0.989. The van der Waals surface area contributed by atoms with Gasteiger partial charge in [-0.1, -0.05) is 30.3 Å². The number of hydrogen-bond donors (Lipinski definition) is 2. The third kappa shape index (κ3) is 6.69. The van der Waals surface area contributed by atoms with Crippen molar-refractivity contribution in [3.05, 3.63) is 120 Å². The Morgan fingerprint density at radius 1 is 0.927 bits per heavy atom. The third-order valence-corrected chi connectivity index (χ3v) is 11.2. The summed E-state index contributed by atoms with van der Waals surface area (Å²) >= 11 is 0. The van der Waals surface area contributed by atoms with Crippen molar-refractivity contribution in [2.75, 3.05) is 36.5 Å². The first kappa shape index (κ1) is 34.7. The van der Waals surface area contributed by atoms with Crippen molar-refractivity contribution in [2.24, 2.45) is 5.41 Å². The average Bonchev–Trinajstić information content (AvgIpc) is 3.38. The van der Waals surface area contributed by atoms with Gasteiger partial charge in [0.15, 0.2) is 0 Å². The first-order chi connectivity index (χ1) is 26.7. The molecular formula is C42H40N6O7. The highest BCUT2D eigenvalue weighted by Gasteiger charge is 2.50. The van der Waals surface area contributed by atoms with Gasteiger partial charge in [0.25, 0.3) is 11.8 Å². The number of nitrogens with zero attached hydrogens (tertiary/aromatic N) is 4. The van der Waals surface area contributed by atoms with Gasteiger partial charge in [0, 0.05) is 56.2 Å². The zero-order valence-electron chi connectivity index (χ0n) is 30.1. The summed E-state index contributed by atoms with van der Waals surface area (Å²) in [6, 6.07) is 22.2. The Kier molecular flexibility index (Phi) is 8.80. The molecular weight excluding hydrogens is 700 g/mol. The van der Waals surface area contributed by atoms with Crippen molar-refractivity contribution in [3.8, 4) is 11.5 Å². The normalized spacial score (nSPS) is 22.9. The molecule has 280 valence electrons. The number of ether oxygens (including phenoxy) is 3. The molecule has 9 rings (SSSR count). The maximum absolute atomic E-state index is 13.2. The molecule has 1 aliphatic carbocycles. The number of imide groups is 2. The van der Waals surface area contributed by atoms with E-state index in [9.17, 15) is 19.2 Å². The van der Waals surface area contributed by atoms with E-state index >= 15 is 0 Å². The molecule has 4 aromatic rings. The molecule has 3 aromatic carbocycles. The predicted octanol–water partition coefficient (Wildman–Crippen LogP) is 4.63. The van der Waals surface area contributed by atoms with Gasteiger partial charge in [0.05, 0.1) is 35.4 Å². The highest BCUT2D eigenvalue weighted by atomic mass is 16.5. The van der Waals surface area contributed by atoms with Crippen molar-refractivity contribution in [2.45, 2.75) is 56.4 Å². The van der Waals surface area contributed by atoms with E-state index in [1.54, 1.807) is 24.4 Å². The van der Waals surface area contributed by atoms with E-state index in [0.717, 1.165) is 78.3 Å². The van der Waals surface area contributed by atoms with Crippen LogP contribution in [-0.4, -0.2) is 83.0 Å². The summed E-state index contributed by atoms with van der Waals surface area (Å²) in [7, 11) is 0. The molecule has 4 amide bonds. The van der Waals surface area contributed by atoms with Crippen LogP contribution in [0.2, 0.25) is 0 Å². The zero-order valence-corrected chi connectivity index (χ0v) is 30.1. The first-order valence-electron chi connectivity index (χ1n) is 18.6. The quantitative estimate of drug-likeness (QED) is 0.155. The number of carbonyl (C=O) groups is 4. The summed E-state index contributed by atoms with van der Waals surface area (Å²) in [5, 5.41) is 5.66.